The first-order valence-corrected chi connectivity index (χ1v) is 7.92. The first-order valence-electron chi connectivity index (χ1n) is 7.92. The van der Waals surface area contributed by atoms with Crippen LogP contribution in [-0.4, -0.2) is 32.3 Å². The predicted molar refractivity (Wildman–Crippen MR) is 90.9 cm³/mol. The number of rotatable bonds is 7. The molecule has 0 amide bonds. The summed E-state index contributed by atoms with van der Waals surface area (Å²) in [6.07, 6.45) is 0. The number of ether oxygens (including phenoxy) is 5. The van der Waals surface area contributed by atoms with Gasteiger partial charge in [0.25, 0.3) is 0 Å². The zero-order valence-electron chi connectivity index (χ0n) is 14.4. The normalized spacial score (nSPS) is 11.8. The van der Waals surface area contributed by atoms with Crippen molar-refractivity contribution in [3.8, 4) is 23.0 Å². The summed E-state index contributed by atoms with van der Waals surface area (Å²) in [6, 6.07) is 10.1. The predicted octanol–water partition coefficient (Wildman–Crippen LogP) is 2.75. The van der Waals surface area contributed by atoms with Gasteiger partial charge in [0.05, 0.1) is 7.11 Å². The average molecular weight is 358 g/mol. The molecule has 0 aromatic heterocycles. The van der Waals surface area contributed by atoms with Crippen molar-refractivity contribution in [3.05, 3.63) is 47.5 Å². The number of fused-ring (bicyclic) bond motifs is 1. The maximum atomic E-state index is 11.9. The summed E-state index contributed by atoms with van der Waals surface area (Å²) in [5, 5.41) is 0. The number of carbonyl (C=O) groups excluding carboxylic acids is 2. The zero-order chi connectivity index (χ0) is 18.5. The second-order valence-corrected chi connectivity index (χ2v) is 5.56. The summed E-state index contributed by atoms with van der Waals surface area (Å²) in [6.45, 7) is 1.47. The van der Waals surface area contributed by atoms with Gasteiger partial charge in [-0.1, -0.05) is 6.07 Å². The molecule has 0 aliphatic carbocycles. The van der Waals surface area contributed by atoms with Crippen LogP contribution in [0.15, 0.2) is 36.4 Å². The summed E-state index contributed by atoms with van der Waals surface area (Å²) in [7, 11) is 1.46. The summed E-state index contributed by atoms with van der Waals surface area (Å²) >= 11 is 0. The van der Waals surface area contributed by atoms with Crippen LogP contribution in [0.5, 0.6) is 23.0 Å². The van der Waals surface area contributed by atoms with E-state index in [9.17, 15) is 9.59 Å². The smallest absolute Gasteiger partial charge is 0.344 e. The number of methoxy groups -OCH3 is 1. The Morgan fingerprint density at radius 2 is 1.85 bits per heavy atom. The monoisotopic (exact) mass is 358 g/mol. The van der Waals surface area contributed by atoms with Crippen molar-refractivity contribution in [2.75, 3.05) is 20.5 Å². The molecule has 2 aromatic carbocycles. The fourth-order valence-electron chi connectivity index (χ4n) is 2.38. The molecule has 7 nitrogen and oxygen atoms in total. The molecule has 3 rings (SSSR count). The number of ketones is 1. The van der Waals surface area contributed by atoms with Gasteiger partial charge >= 0.3 is 5.97 Å². The van der Waals surface area contributed by atoms with Gasteiger partial charge in [-0.05, 0) is 42.8 Å². The van der Waals surface area contributed by atoms with E-state index in [4.69, 9.17) is 23.7 Å². The quantitative estimate of drug-likeness (QED) is 0.556. The van der Waals surface area contributed by atoms with E-state index in [1.165, 1.54) is 14.0 Å². The molecule has 0 saturated heterocycles. The minimum atomic E-state index is -0.527. The SMILES string of the molecule is COc1cc(C(C)=O)ccc1OCC(=O)OCc1ccc2c(c1)OCO2. The minimum absolute atomic E-state index is 0.0852. The van der Waals surface area contributed by atoms with Gasteiger partial charge in [-0.3, -0.25) is 4.79 Å². The van der Waals surface area contributed by atoms with Crippen molar-refractivity contribution in [2.24, 2.45) is 0 Å². The van der Waals surface area contributed by atoms with E-state index in [0.29, 0.717) is 28.6 Å². The van der Waals surface area contributed by atoms with Crippen molar-refractivity contribution in [1.29, 1.82) is 0 Å². The first kappa shape index (κ1) is 17.6. The maximum Gasteiger partial charge on any atom is 0.344 e. The van der Waals surface area contributed by atoms with Crippen LogP contribution in [0.4, 0.5) is 0 Å². The number of Topliss-reactive ketones (excluding diaryl/α,β-unsaturated/α-hetero) is 1. The molecule has 0 bridgehead atoms. The van der Waals surface area contributed by atoms with Crippen LogP contribution in [0.3, 0.4) is 0 Å². The minimum Gasteiger partial charge on any atom is -0.493 e. The van der Waals surface area contributed by atoms with Crippen LogP contribution < -0.4 is 18.9 Å². The fourth-order valence-corrected chi connectivity index (χ4v) is 2.38. The van der Waals surface area contributed by atoms with Crippen molar-refractivity contribution < 1.29 is 33.3 Å². The highest BCUT2D eigenvalue weighted by Gasteiger charge is 2.15. The molecule has 1 aliphatic heterocycles. The number of hydrogen-bond donors (Lipinski definition) is 0. The number of hydrogen-bond acceptors (Lipinski definition) is 7. The third-order valence-corrected chi connectivity index (χ3v) is 3.75. The second-order valence-electron chi connectivity index (χ2n) is 5.56. The molecule has 136 valence electrons. The highest BCUT2D eigenvalue weighted by atomic mass is 16.7. The molecular weight excluding hydrogens is 340 g/mol. The van der Waals surface area contributed by atoms with E-state index in [2.05, 4.69) is 0 Å². The van der Waals surface area contributed by atoms with E-state index < -0.39 is 5.97 Å². The van der Waals surface area contributed by atoms with E-state index in [-0.39, 0.29) is 25.8 Å². The lowest BCUT2D eigenvalue weighted by atomic mass is 10.1. The number of esters is 1. The molecule has 0 radical (unpaired) electrons. The summed E-state index contributed by atoms with van der Waals surface area (Å²) in [4.78, 5) is 23.3. The molecule has 0 saturated carbocycles. The van der Waals surface area contributed by atoms with Crippen LogP contribution in [0.1, 0.15) is 22.8 Å². The van der Waals surface area contributed by atoms with Gasteiger partial charge in [-0.25, -0.2) is 4.79 Å². The lowest BCUT2D eigenvalue weighted by molar-refractivity contribution is -0.147. The molecule has 0 atom stereocenters. The van der Waals surface area contributed by atoms with Gasteiger partial charge in [0.15, 0.2) is 35.4 Å². The van der Waals surface area contributed by atoms with Gasteiger partial charge < -0.3 is 23.7 Å². The Hall–Kier alpha value is -3.22. The highest BCUT2D eigenvalue weighted by molar-refractivity contribution is 5.94. The van der Waals surface area contributed by atoms with E-state index in [0.717, 1.165) is 5.56 Å². The molecular formula is C19H18O7. The Labute approximate surface area is 150 Å². The highest BCUT2D eigenvalue weighted by Crippen LogP contribution is 2.32. The van der Waals surface area contributed by atoms with Crippen LogP contribution in [-0.2, 0) is 16.1 Å². The number of benzene rings is 2. The first-order chi connectivity index (χ1) is 12.6. The van der Waals surface area contributed by atoms with Gasteiger partial charge in [-0.2, -0.15) is 0 Å². The zero-order valence-corrected chi connectivity index (χ0v) is 14.4. The van der Waals surface area contributed by atoms with Crippen molar-refractivity contribution in [2.45, 2.75) is 13.5 Å². The Kier molecular flexibility index (Phi) is 5.26. The van der Waals surface area contributed by atoms with Gasteiger partial charge in [0, 0.05) is 5.56 Å². The molecule has 0 N–H and O–H groups in total. The lowest BCUT2D eigenvalue weighted by Gasteiger charge is -2.11. The largest absolute Gasteiger partial charge is 0.493 e. The molecule has 0 fully saturated rings. The molecule has 26 heavy (non-hydrogen) atoms. The Morgan fingerprint density at radius 3 is 2.62 bits per heavy atom. The van der Waals surface area contributed by atoms with Crippen molar-refractivity contribution in [3.63, 3.8) is 0 Å². The van der Waals surface area contributed by atoms with Crippen molar-refractivity contribution in [1.82, 2.24) is 0 Å². The third-order valence-electron chi connectivity index (χ3n) is 3.75. The van der Waals surface area contributed by atoms with E-state index >= 15 is 0 Å². The summed E-state index contributed by atoms with van der Waals surface area (Å²) in [5.41, 5.74) is 1.28. The van der Waals surface area contributed by atoms with E-state index in [1.54, 1.807) is 36.4 Å². The molecule has 1 aliphatic rings. The van der Waals surface area contributed by atoms with Gasteiger partial charge in [0.1, 0.15) is 6.61 Å². The van der Waals surface area contributed by atoms with E-state index in [1.807, 2.05) is 0 Å². The Bertz CT molecular complexity index is 829. The van der Waals surface area contributed by atoms with Crippen LogP contribution >= 0.6 is 0 Å². The Morgan fingerprint density at radius 1 is 1.04 bits per heavy atom. The van der Waals surface area contributed by atoms with Gasteiger partial charge in [-0.15, -0.1) is 0 Å². The molecule has 2 aromatic rings. The maximum absolute atomic E-state index is 11.9. The Balaban J connectivity index is 1.53. The number of carbonyl (C=O) groups is 2. The topological polar surface area (TPSA) is 80.3 Å². The fraction of sp³-hybridized carbons (Fsp3) is 0.263. The molecule has 0 unspecified atom stereocenters. The second kappa shape index (κ2) is 7.77. The van der Waals surface area contributed by atoms with Crippen molar-refractivity contribution >= 4 is 11.8 Å². The van der Waals surface area contributed by atoms with Crippen LogP contribution in [0.25, 0.3) is 0 Å². The summed E-state index contributed by atoms with van der Waals surface area (Å²) in [5.74, 6) is 1.42. The van der Waals surface area contributed by atoms with Crippen LogP contribution in [0, 0.1) is 0 Å². The third kappa shape index (κ3) is 4.05. The van der Waals surface area contributed by atoms with Crippen LogP contribution in [0.2, 0.25) is 0 Å². The van der Waals surface area contributed by atoms with Gasteiger partial charge in [0.2, 0.25) is 6.79 Å². The molecule has 7 heteroatoms. The molecule has 1 heterocycles. The summed E-state index contributed by atoms with van der Waals surface area (Å²) < 4.78 is 26.3. The molecule has 0 spiro atoms. The standard InChI is InChI=1S/C19H18O7/c1-12(20)14-4-6-15(17(8-14)22-2)23-10-19(21)24-9-13-3-5-16-18(7-13)26-11-25-16/h3-8H,9-11H2,1-2H3. The lowest BCUT2D eigenvalue weighted by Crippen LogP contribution is -2.15. The average Bonchev–Trinajstić information content (AvgIpc) is 3.12.